The van der Waals surface area contributed by atoms with Crippen molar-refractivity contribution < 1.29 is 9.53 Å². The van der Waals surface area contributed by atoms with E-state index in [9.17, 15) is 4.79 Å². The molecule has 0 aliphatic carbocycles. The van der Waals surface area contributed by atoms with Crippen LogP contribution in [0.25, 0.3) is 0 Å². The Labute approximate surface area is 238 Å². The van der Waals surface area contributed by atoms with Crippen molar-refractivity contribution in [1.82, 2.24) is 24.8 Å². The summed E-state index contributed by atoms with van der Waals surface area (Å²) in [5, 5.41) is 5.75. The number of carbonyl (C=O) groups excluding carboxylic acids is 1. The maximum absolute atomic E-state index is 13.8. The maximum Gasteiger partial charge on any atom is 0.273 e. The molecule has 40 heavy (non-hydrogen) atoms. The number of hydrogen-bond donors (Lipinski definition) is 2. The van der Waals surface area contributed by atoms with Crippen LogP contribution in [0.5, 0.6) is 5.75 Å². The summed E-state index contributed by atoms with van der Waals surface area (Å²) in [7, 11) is 1.67. The van der Waals surface area contributed by atoms with Crippen molar-refractivity contribution in [3.05, 3.63) is 88.3 Å². The Balaban J connectivity index is 1.08. The summed E-state index contributed by atoms with van der Waals surface area (Å²) in [6, 6.07) is 16.3. The Morgan fingerprint density at radius 1 is 1.10 bits per heavy atom. The molecular formula is C30H35N7O2S. The molecule has 208 valence electrons. The summed E-state index contributed by atoms with van der Waals surface area (Å²) < 4.78 is 7.57. The Morgan fingerprint density at radius 3 is 2.77 bits per heavy atom. The molecule has 1 unspecified atom stereocenters. The topological polar surface area (TPSA) is 102 Å². The summed E-state index contributed by atoms with van der Waals surface area (Å²) in [6.45, 7) is 4.02. The number of anilines is 2. The molecule has 3 N–H and O–H groups in total. The van der Waals surface area contributed by atoms with Crippen molar-refractivity contribution >= 4 is 28.7 Å². The van der Waals surface area contributed by atoms with Crippen molar-refractivity contribution in [1.29, 1.82) is 0 Å². The van der Waals surface area contributed by atoms with Crippen LogP contribution in [0.3, 0.4) is 0 Å². The second-order valence-corrected chi connectivity index (χ2v) is 11.3. The molecule has 6 rings (SSSR count). The van der Waals surface area contributed by atoms with Gasteiger partial charge in [-0.05, 0) is 73.1 Å². The summed E-state index contributed by atoms with van der Waals surface area (Å²) in [6.07, 6.45) is 6.48. The standard InChI is InChI=1S/C30H35N7O2S/c1-39-23-6-7-24(31)21(18-23)8-11-32-22-9-13-36(14-10-22)28-19-25(33-20-34-28)30(38)37-16-15-35-12-2-4-26(35)29(37)27-5-3-17-40-27/h2-7,12,17-20,22,29,32H,8-11,13-16,31H2,1H3. The number of thiophene rings is 1. The summed E-state index contributed by atoms with van der Waals surface area (Å²) in [5.74, 6) is 1.59. The van der Waals surface area contributed by atoms with E-state index >= 15 is 0 Å². The number of ether oxygens (including phenoxy) is 1. The average molecular weight is 558 g/mol. The van der Waals surface area contributed by atoms with Crippen molar-refractivity contribution in [2.45, 2.75) is 37.9 Å². The SMILES string of the molecule is COc1ccc(N)c(CCNC2CCN(c3cc(C(=O)N4CCn5cccc5C4c4cccs4)ncn3)CC2)c1. The largest absolute Gasteiger partial charge is 0.497 e. The van der Waals surface area contributed by atoms with Crippen LogP contribution in [0.1, 0.15) is 45.5 Å². The molecule has 1 amide bonds. The molecule has 3 aromatic heterocycles. The fourth-order valence-corrected chi connectivity index (χ4v) is 6.63. The van der Waals surface area contributed by atoms with E-state index in [2.05, 4.69) is 54.5 Å². The van der Waals surface area contributed by atoms with E-state index in [1.54, 1.807) is 18.4 Å². The minimum atomic E-state index is -0.108. The normalized spacial score (nSPS) is 17.6. The monoisotopic (exact) mass is 557 g/mol. The van der Waals surface area contributed by atoms with Gasteiger partial charge in [0.25, 0.3) is 5.91 Å². The van der Waals surface area contributed by atoms with Crippen LogP contribution in [0.15, 0.2) is 66.4 Å². The molecule has 0 radical (unpaired) electrons. The fourth-order valence-electron chi connectivity index (χ4n) is 5.78. The lowest BCUT2D eigenvalue weighted by atomic mass is 10.0. The zero-order valence-corrected chi connectivity index (χ0v) is 23.5. The molecule has 0 bridgehead atoms. The molecule has 5 heterocycles. The molecule has 4 aromatic rings. The lowest BCUT2D eigenvalue weighted by molar-refractivity contribution is 0.0661. The van der Waals surface area contributed by atoms with Gasteiger partial charge in [-0.3, -0.25) is 4.79 Å². The van der Waals surface area contributed by atoms with Crippen LogP contribution in [0, 0.1) is 0 Å². The van der Waals surface area contributed by atoms with Gasteiger partial charge in [0.15, 0.2) is 0 Å². The Bertz CT molecular complexity index is 1450. The third kappa shape index (κ3) is 5.41. The van der Waals surface area contributed by atoms with E-state index in [0.29, 0.717) is 18.3 Å². The Morgan fingerprint density at radius 2 is 1.98 bits per heavy atom. The number of benzene rings is 1. The van der Waals surface area contributed by atoms with Crippen LogP contribution >= 0.6 is 11.3 Å². The highest BCUT2D eigenvalue weighted by molar-refractivity contribution is 7.10. The van der Waals surface area contributed by atoms with Crippen molar-refractivity contribution in [2.24, 2.45) is 0 Å². The van der Waals surface area contributed by atoms with Crippen LogP contribution in [0.4, 0.5) is 11.5 Å². The number of nitrogens with one attached hydrogen (secondary N) is 1. The minimum absolute atomic E-state index is 0.0529. The number of aromatic nitrogens is 3. The summed E-state index contributed by atoms with van der Waals surface area (Å²) in [5.41, 5.74) is 9.63. The molecule has 1 saturated heterocycles. The Kier molecular flexibility index (Phi) is 7.70. The number of fused-ring (bicyclic) bond motifs is 1. The highest BCUT2D eigenvalue weighted by atomic mass is 32.1. The van der Waals surface area contributed by atoms with E-state index in [1.165, 1.54) is 6.33 Å². The number of nitrogens with zero attached hydrogens (tertiary/aromatic N) is 5. The number of rotatable bonds is 8. The third-order valence-electron chi connectivity index (χ3n) is 7.98. The predicted octanol–water partition coefficient (Wildman–Crippen LogP) is 3.98. The highest BCUT2D eigenvalue weighted by Gasteiger charge is 2.34. The Hall–Kier alpha value is -3.89. The molecule has 1 atom stereocenters. The molecule has 10 heteroatoms. The average Bonchev–Trinajstić information content (AvgIpc) is 3.70. The quantitative estimate of drug-likeness (QED) is 0.316. The number of piperidine rings is 1. The van der Waals surface area contributed by atoms with E-state index < -0.39 is 0 Å². The van der Waals surface area contributed by atoms with Crippen LogP contribution in [0.2, 0.25) is 0 Å². The zero-order valence-electron chi connectivity index (χ0n) is 22.7. The van der Waals surface area contributed by atoms with Crippen LogP contribution in [-0.4, -0.2) is 64.7 Å². The van der Waals surface area contributed by atoms with Crippen molar-refractivity contribution in [3.8, 4) is 5.75 Å². The number of carbonyl (C=O) groups is 1. The van der Waals surface area contributed by atoms with E-state index in [4.69, 9.17) is 10.5 Å². The molecule has 9 nitrogen and oxygen atoms in total. The molecule has 0 spiro atoms. The van der Waals surface area contributed by atoms with Crippen molar-refractivity contribution in [2.75, 3.05) is 43.9 Å². The van der Waals surface area contributed by atoms with E-state index in [0.717, 1.165) is 78.8 Å². The zero-order chi connectivity index (χ0) is 27.5. The number of nitrogen functional groups attached to an aromatic ring is 1. The molecule has 0 saturated carbocycles. The van der Waals surface area contributed by atoms with Gasteiger partial charge in [-0.2, -0.15) is 0 Å². The van der Waals surface area contributed by atoms with Gasteiger partial charge < -0.3 is 30.2 Å². The second kappa shape index (κ2) is 11.7. The smallest absolute Gasteiger partial charge is 0.273 e. The molecule has 1 fully saturated rings. The van der Waals surface area contributed by atoms with Gasteiger partial charge in [0.05, 0.1) is 7.11 Å². The lowest BCUT2D eigenvalue weighted by Crippen LogP contribution is -2.44. The molecule has 1 aromatic carbocycles. The first-order valence-electron chi connectivity index (χ1n) is 13.8. The molecule has 2 aliphatic heterocycles. The predicted molar refractivity (Wildman–Crippen MR) is 158 cm³/mol. The first kappa shape index (κ1) is 26.3. The number of amides is 1. The summed E-state index contributed by atoms with van der Waals surface area (Å²) in [4.78, 5) is 28.1. The third-order valence-corrected chi connectivity index (χ3v) is 8.90. The maximum atomic E-state index is 13.8. The van der Waals surface area contributed by atoms with E-state index in [1.807, 2.05) is 35.2 Å². The van der Waals surface area contributed by atoms with Crippen molar-refractivity contribution in [3.63, 3.8) is 0 Å². The van der Waals surface area contributed by atoms with Crippen LogP contribution in [-0.2, 0) is 13.0 Å². The number of methoxy groups -OCH3 is 1. The van der Waals surface area contributed by atoms with Gasteiger partial charge in [0.1, 0.15) is 29.6 Å². The lowest BCUT2D eigenvalue weighted by Gasteiger charge is -2.36. The van der Waals surface area contributed by atoms with E-state index in [-0.39, 0.29) is 11.9 Å². The first-order chi connectivity index (χ1) is 19.6. The first-order valence-corrected chi connectivity index (χ1v) is 14.7. The van der Waals surface area contributed by atoms with Gasteiger partial charge in [-0.1, -0.05) is 6.07 Å². The van der Waals surface area contributed by atoms with Gasteiger partial charge >= 0.3 is 0 Å². The van der Waals surface area contributed by atoms with Gasteiger partial charge in [0, 0.05) is 60.7 Å². The number of hydrogen-bond acceptors (Lipinski definition) is 8. The number of nitrogens with two attached hydrogens (primary N) is 1. The highest BCUT2D eigenvalue weighted by Crippen LogP contribution is 2.35. The van der Waals surface area contributed by atoms with Gasteiger partial charge in [-0.15, -0.1) is 11.3 Å². The minimum Gasteiger partial charge on any atom is -0.497 e. The second-order valence-electron chi connectivity index (χ2n) is 10.3. The van der Waals surface area contributed by atoms with Crippen LogP contribution < -0.4 is 20.7 Å². The molecule has 2 aliphatic rings. The van der Waals surface area contributed by atoms with Gasteiger partial charge in [0.2, 0.25) is 0 Å². The summed E-state index contributed by atoms with van der Waals surface area (Å²) >= 11 is 1.68. The fraction of sp³-hybridized carbons (Fsp3) is 0.367. The molecular weight excluding hydrogens is 522 g/mol. The van der Waals surface area contributed by atoms with Gasteiger partial charge in [-0.25, -0.2) is 9.97 Å².